The minimum Gasteiger partial charge on any atom is -0.497 e. The van der Waals surface area contributed by atoms with Crippen molar-refractivity contribution in [1.82, 2.24) is 9.62 Å². The highest BCUT2D eigenvalue weighted by atomic mass is 35.5. The zero-order valence-corrected chi connectivity index (χ0v) is 20.0. The third-order valence-corrected chi connectivity index (χ3v) is 7.94. The molecule has 33 heavy (non-hydrogen) atoms. The zero-order chi connectivity index (χ0) is 23.4. The molecule has 1 saturated heterocycles. The average molecular weight is 495 g/mol. The van der Waals surface area contributed by atoms with E-state index in [1.165, 1.54) is 23.5 Å². The first-order valence-electron chi connectivity index (χ1n) is 10.9. The minimum atomic E-state index is -3.69. The molecular formula is C23H27ClN2O6S. The van der Waals surface area contributed by atoms with Gasteiger partial charge in [-0.1, -0.05) is 11.6 Å². The van der Waals surface area contributed by atoms with E-state index in [1.807, 2.05) is 6.07 Å². The van der Waals surface area contributed by atoms with Gasteiger partial charge in [-0.2, -0.15) is 4.31 Å². The van der Waals surface area contributed by atoms with Gasteiger partial charge in [0.15, 0.2) is 11.5 Å². The first-order chi connectivity index (χ1) is 15.9. The van der Waals surface area contributed by atoms with E-state index in [0.717, 1.165) is 12.0 Å². The number of carbonyl (C=O) groups is 1. The van der Waals surface area contributed by atoms with Crippen LogP contribution in [0.5, 0.6) is 17.2 Å². The summed E-state index contributed by atoms with van der Waals surface area (Å²) in [5, 5.41) is 3.35. The molecule has 2 aliphatic heterocycles. The van der Waals surface area contributed by atoms with Gasteiger partial charge in [-0.3, -0.25) is 4.79 Å². The van der Waals surface area contributed by atoms with E-state index >= 15 is 0 Å². The van der Waals surface area contributed by atoms with Crippen LogP contribution < -0.4 is 19.5 Å². The van der Waals surface area contributed by atoms with Crippen molar-refractivity contribution in [2.75, 3.05) is 33.4 Å². The van der Waals surface area contributed by atoms with Crippen molar-refractivity contribution in [3.8, 4) is 17.2 Å². The lowest BCUT2D eigenvalue weighted by Crippen LogP contribution is -2.45. The SMILES string of the molecule is COc1ccc(S(=O)(=O)N2CCC[C@H](C(=O)NCc3cc(Cl)c4c(c3)OCCCO4)C2)cc1. The van der Waals surface area contributed by atoms with E-state index in [9.17, 15) is 13.2 Å². The Morgan fingerprint density at radius 1 is 1.18 bits per heavy atom. The Hall–Kier alpha value is -2.49. The Morgan fingerprint density at radius 2 is 1.94 bits per heavy atom. The fourth-order valence-corrected chi connectivity index (χ4v) is 5.80. The van der Waals surface area contributed by atoms with E-state index in [-0.39, 0.29) is 23.9 Å². The number of ether oxygens (including phenoxy) is 3. The second kappa shape index (κ2) is 10.2. The fraction of sp³-hybridized carbons (Fsp3) is 0.435. The molecule has 2 heterocycles. The van der Waals surface area contributed by atoms with Gasteiger partial charge in [-0.05, 0) is 54.8 Å². The maximum Gasteiger partial charge on any atom is 0.243 e. The maximum absolute atomic E-state index is 13.0. The molecule has 0 bridgehead atoms. The number of benzene rings is 2. The highest BCUT2D eigenvalue weighted by molar-refractivity contribution is 7.89. The number of piperidine rings is 1. The van der Waals surface area contributed by atoms with Gasteiger partial charge in [0.05, 0.1) is 36.2 Å². The van der Waals surface area contributed by atoms with Crippen LogP contribution in [0.1, 0.15) is 24.8 Å². The fourth-order valence-electron chi connectivity index (χ4n) is 3.99. The predicted molar refractivity (Wildman–Crippen MR) is 123 cm³/mol. The lowest BCUT2D eigenvalue weighted by molar-refractivity contribution is -0.126. The molecule has 1 fully saturated rings. The maximum atomic E-state index is 13.0. The summed E-state index contributed by atoms with van der Waals surface area (Å²) in [6, 6.07) is 9.82. The molecule has 178 valence electrons. The predicted octanol–water partition coefficient (Wildman–Crippen LogP) is 3.23. The van der Waals surface area contributed by atoms with Gasteiger partial charge >= 0.3 is 0 Å². The largest absolute Gasteiger partial charge is 0.497 e. The Balaban J connectivity index is 1.40. The van der Waals surface area contributed by atoms with Gasteiger partial charge in [0.25, 0.3) is 0 Å². The molecule has 2 aromatic carbocycles. The van der Waals surface area contributed by atoms with Gasteiger partial charge in [-0.25, -0.2) is 8.42 Å². The van der Waals surface area contributed by atoms with Crippen molar-refractivity contribution in [1.29, 1.82) is 0 Å². The lowest BCUT2D eigenvalue weighted by Gasteiger charge is -2.31. The van der Waals surface area contributed by atoms with Crippen molar-refractivity contribution in [2.24, 2.45) is 5.92 Å². The van der Waals surface area contributed by atoms with Crippen molar-refractivity contribution in [3.05, 3.63) is 47.0 Å². The van der Waals surface area contributed by atoms with Gasteiger partial charge in [0.1, 0.15) is 5.75 Å². The molecule has 2 aromatic rings. The van der Waals surface area contributed by atoms with E-state index in [0.29, 0.717) is 54.9 Å². The van der Waals surface area contributed by atoms with E-state index < -0.39 is 15.9 Å². The van der Waals surface area contributed by atoms with Gasteiger partial charge < -0.3 is 19.5 Å². The number of carbonyl (C=O) groups excluding carboxylic acids is 1. The van der Waals surface area contributed by atoms with Gasteiger partial charge in [-0.15, -0.1) is 0 Å². The van der Waals surface area contributed by atoms with Gasteiger partial charge in [0, 0.05) is 26.1 Å². The molecule has 1 amide bonds. The van der Waals surface area contributed by atoms with Gasteiger partial charge in [0.2, 0.25) is 15.9 Å². The second-order valence-corrected chi connectivity index (χ2v) is 10.4. The molecule has 0 radical (unpaired) electrons. The molecule has 2 aliphatic rings. The van der Waals surface area contributed by atoms with Crippen molar-refractivity contribution >= 4 is 27.5 Å². The summed E-state index contributed by atoms with van der Waals surface area (Å²) in [6.45, 7) is 1.87. The molecule has 0 unspecified atom stereocenters. The second-order valence-electron chi connectivity index (χ2n) is 8.05. The number of sulfonamides is 1. The lowest BCUT2D eigenvalue weighted by atomic mass is 9.98. The first-order valence-corrected chi connectivity index (χ1v) is 12.7. The van der Waals surface area contributed by atoms with Crippen molar-refractivity contribution < 1.29 is 27.4 Å². The Morgan fingerprint density at radius 3 is 2.70 bits per heavy atom. The van der Waals surface area contributed by atoms with E-state index in [1.54, 1.807) is 18.2 Å². The van der Waals surface area contributed by atoms with Crippen LogP contribution in [0.4, 0.5) is 0 Å². The summed E-state index contributed by atoms with van der Waals surface area (Å²) in [5.74, 6) is 1.06. The first kappa shape index (κ1) is 23.7. The number of rotatable bonds is 6. The number of halogens is 1. The molecule has 8 nitrogen and oxygen atoms in total. The van der Waals surface area contributed by atoms with Crippen molar-refractivity contribution in [3.63, 3.8) is 0 Å². The molecule has 1 atom stereocenters. The number of hydrogen-bond acceptors (Lipinski definition) is 6. The smallest absolute Gasteiger partial charge is 0.243 e. The normalized spacial score (nSPS) is 18.9. The van der Waals surface area contributed by atoms with E-state index in [4.69, 9.17) is 25.8 Å². The van der Waals surface area contributed by atoms with Crippen LogP contribution in [0.2, 0.25) is 5.02 Å². The molecule has 0 saturated carbocycles. The highest BCUT2D eigenvalue weighted by Gasteiger charge is 2.33. The number of nitrogens with zero attached hydrogens (tertiary/aromatic N) is 1. The quantitative estimate of drug-likeness (QED) is 0.662. The molecular weight excluding hydrogens is 468 g/mol. The average Bonchev–Trinajstić information content (AvgIpc) is 3.08. The molecule has 4 rings (SSSR count). The number of methoxy groups -OCH3 is 1. The summed E-state index contributed by atoms with van der Waals surface area (Å²) >= 11 is 6.33. The van der Waals surface area contributed by atoms with Crippen LogP contribution in [-0.4, -0.2) is 52.0 Å². The third kappa shape index (κ3) is 5.37. The zero-order valence-electron chi connectivity index (χ0n) is 18.4. The minimum absolute atomic E-state index is 0.141. The van der Waals surface area contributed by atoms with Crippen molar-refractivity contribution in [2.45, 2.75) is 30.7 Å². The molecule has 0 spiro atoms. The van der Waals surface area contributed by atoms with Crippen LogP contribution in [-0.2, 0) is 21.4 Å². The number of hydrogen-bond donors (Lipinski definition) is 1. The topological polar surface area (TPSA) is 94.2 Å². The number of fused-ring (bicyclic) bond motifs is 1. The monoisotopic (exact) mass is 494 g/mol. The summed E-state index contributed by atoms with van der Waals surface area (Å²) in [5.41, 5.74) is 0.788. The van der Waals surface area contributed by atoms with Crippen LogP contribution in [0, 0.1) is 5.92 Å². The van der Waals surface area contributed by atoms with Crippen LogP contribution in [0.3, 0.4) is 0 Å². The van der Waals surface area contributed by atoms with Crippen LogP contribution in [0.25, 0.3) is 0 Å². The summed E-state index contributed by atoms with van der Waals surface area (Å²) < 4.78 is 43.9. The summed E-state index contributed by atoms with van der Waals surface area (Å²) in [6.07, 6.45) is 2.01. The van der Waals surface area contributed by atoms with Crippen LogP contribution >= 0.6 is 11.6 Å². The molecule has 0 aliphatic carbocycles. The third-order valence-electron chi connectivity index (χ3n) is 5.78. The Bertz CT molecular complexity index is 1110. The summed E-state index contributed by atoms with van der Waals surface area (Å²) in [4.78, 5) is 13.0. The Kier molecular flexibility index (Phi) is 7.31. The highest BCUT2D eigenvalue weighted by Crippen LogP contribution is 2.38. The van der Waals surface area contributed by atoms with Crippen LogP contribution in [0.15, 0.2) is 41.3 Å². The Labute approximate surface area is 198 Å². The number of nitrogens with one attached hydrogen (secondary N) is 1. The molecule has 10 heteroatoms. The van der Waals surface area contributed by atoms with E-state index in [2.05, 4.69) is 5.32 Å². The summed E-state index contributed by atoms with van der Waals surface area (Å²) in [7, 11) is -2.16. The number of amides is 1. The molecule has 0 aromatic heterocycles. The standard InChI is InChI=1S/C23H27ClN2O6S/c1-30-18-5-7-19(8-6-18)33(28,29)26-9-2-4-17(15-26)23(27)25-14-16-12-20(24)22-21(13-16)31-10-3-11-32-22/h5-8,12-13,17H,2-4,9-11,14-15H2,1H3,(H,25,27)/t17-/m0/s1. The molecule has 1 N–H and O–H groups in total.